The van der Waals surface area contributed by atoms with E-state index in [4.69, 9.17) is 0 Å². The highest BCUT2D eigenvalue weighted by Gasteiger charge is 2.25. The molecule has 1 aromatic carbocycles. The molecule has 17 heavy (non-hydrogen) atoms. The molecule has 1 N–H and O–H groups in total. The fourth-order valence-corrected chi connectivity index (χ4v) is 2.83. The van der Waals surface area contributed by atoms with Gasteiger partial charge in [-0.1, -0.05) is 19.9 Å². The van der Waals surface area contributed by atoms with Gasteiger partial charge in [-0.05, 0) is 35.8 Å². The van der Waals surface area contributed by atoms with Crippen LogP contribution in [0.5, 0.6) is 0 Å². The van der Waals surface area contributed by atoms with Crippen molar-refractivity contribution >= 4 is 36.0 Å². The molecule has 4 heteroatoms. The first kappa shape index (κ1) is 12.8. The second-order valence-electron chi connectivity index (χ2n) is 5.00. The van der Waals surface area contributed by atoms with Crippen molar-refractivity contribution in [3.8, 4) is 0 Å². The van der Waals surface area contributed by atoms with Gasteiger partial charge in [0.15, 0.2) is 0 Å². The summed E-state index contributed by atoms with van der Waals surface area (Å²) >= 11 is 5.99. The van der Waals surface area contributed by atoms with Crippen LogP contribution in [-0.4, -0.2) is 16.9 Å². The quantitative estimate of drug-likeness (QED) is 0.805. The summed E-state index contributed by atoms with van der Waals surface area (Å²) in [6.45, 7) is 6.23. The maximum Gasteiger partial charge on any atom is 0.237 e. The second-order valence-corrected chi connectivity index (χ2v) is 6.70. The lowest BCUT2D eigenvalue weighted by Crippen LogP contribution is -2.27. The van der Waals surface area contributed by atoms with Gasteiger partial charge in [-0.3, -0.25) is 4.79 Å². The summed E-state index contributed by atoms with van der Waals surface area (Å²) in [5, 5.41) is 2.95. The molecule has 1 amide bonds. The summed E-state index contributed by atoms with van der Waals surface area (Å²) in [6.07, 6.45) is 0. The molecule has 0 radical (unpaired) electrons. The van der Waals surface area contributed by atoms with Gasteiger partial charge in [0.2, 0.25) is 5.91 Å². The minimum atomic E-state index is -0.00811. The molecular formula is C13H17NOS2. The zero-order valence-electron chi connectivity index (χ0n) is 10.3. The summed E-state index contributed by atoms with van der Waals surface area (Å²) in [6, 6.07) is 6.30. The van der Waals surface area contributed by atoms with Crippen molar-refractivity contribution in [3.63, 3.8) is 0 Å². The van der Waals surface area contributed by atoms with Crippen molar-refractivity contribution < 1.29 is 4.79 Å². The minimum Gasteiger partial charge on any atom is -0.324 e. The van der Waals surface area contributed by atoms with Crippen molar-refractivity contribution in [3.05, 3.63) is 23.8 Å². The van der Waals surface area contributed by atoms with Crippen LogP contribution >= 0.6 is 24.4 Å². The average Bonchev–Trinajstić information content (AvgIpc) is 2.30. The van der Waals surface area contributed by atoms with Crippen LogP contribution < -0.4 is 5.32 Å². The molecule has 92 valence electrons. The Morgan fingerprint density at radius 1 is 1.47 bits per heavy atom. The predicted octanol–water partition coefficient (Wildman–Crippen LogP) is 3.33. The van der Waals surface area contributed by atoms with Gasteiger partial charge >= 0.3 is 0 Å². The molecule has 1 atom stereocenters. The number of fused-ring (bicyclic) bond motifs is 1. The van der Waals surface area contributed by atoms with Crippen LogP contribution in [0.2, 0.25) is 0 Å². The van der Waals surface area contributed by atoms with Crippen molar-refractivity contribution in [2.24, 2.45) is 0 Å². The molecule has 0 saturated carbocycles. The first-order chi connectivity index (χ1) is 7.94. The van der Waals surface area contributed by atoms with E-state index in [1.165, 1.54) is 5.56 Å². The van der Waals surface area contributed by atoms with E-state index in [2.05, 4.69) is 50.0 Å². The summed E-state index contributed by atoms with van der Waals surface area (Å²) in [5.41, 5.74) is 2.17. The Morgan fingerprint density at radius 3 is 2.82 bits per heavy atom. The number of carbonyl (C=O) groups is 1. The Labute approximate surface area is 112 Å². The lowest BCUT2D eigenvalue weighted by molar-refractivity contribution is -0.115. The molecule has 0 fully saturated rings. The molecule has 1 aromatic rings. The molecule has 1 heterocycles. The van der Waals surface area contributed by atoms with Crippen molar-refractivity contribution in [2.75, 3.05) is 11.1 Å². The van der Waals surface area contributed by atoms with Crippen LogP contribution in [0.25, 0.3) is 0 Å². The number of carbonyl (C=O) groups excluding carboxylic acids is 1. The third-order valence-corrected chi connectivity index (χ3v) is 5.06. The van der Waals surface area contributed by atoms with Gasteiger partial charge in [-0.2, -0.15) is 12.6 Å². The van der Waals surface area contributed by atoms with Gasteiger partial charge in [0.25, 0.3) is 0 Å². The highest BCUT2D eigenvalue weighted by molar-refractivity contribution is 8.00. The number of thiol groups is 1. The smallest absolute Gasteiger partial charge is 0.237 e. The fourth-order valence-electron chi connectivity index (χ4n) is 1.72. The molecule has 0 bridgehead atoms. The Kier molecular flexibility index (Phi) is 3.46. The third kappa shape index (κ3) is 2.47. The van der Waals surface area contributed by atoms with Crippen LogP contribution in [-0.2, 0) is 10.2 Å². The van der Waals surface area contributed by atoms with Gasteiger partial charge in [0.1, 0.15) is 0 Å². The van der Waals surface area contributed by atoms with E-state index in [-0.39, 0.29) is 16.6 Å². The predicted molar refractivity (Wildman–Crippen MR) is 77.3 cm³/mol. The fraction of sp³-hybridized carbons (Fsp3) is 0.462. The molecule has 1 aliphatic heterocycles. The normalized spacial score (nSPS) is 19.8. The van der Waals surface area contributed by atoms with Gasteiger partial charge in [-0.15, -0.1) is 11.8 Å². The number of hydrogen-bond donors (Lipinski definition) is 2. The minimum absolute atomic E-state index is 0.00811. The molecule has 2 nitrogen and oxygen atoms in total. The van der Waals surface area contributed by atoms with Crippen molar-refractivity contribution in [1.82, 2.24) is 0 Å². The topological polar surface area (TPSA) is 29.1 Å². The van der Waals surface area contributed by atoms with Gasteiger partial charge in [0.05, 0.1) is 10.9 Å². The molecule has 1 unspecified atom stereocenters. The zero-order valence-corrected chi connectivity index (χ0v) is 12.0. The lowest BCUT2D eigenvalue weighted by atomic mass is 9.86. The van der Waals surface area contributed by atoms with E-state index in [0.717, 1.165) is 16.3 Å². The van der Waals surface area contributed by atoms with E-state index < -0.39 is 0 Å². The standard InChI is InChI=1S/C13H17NOS2/c1-8-12(15)14-10-6-9(13(2,3)7-16)4-5-11(10)17-8/h4-6,8,16H,7H2,1-3H3,(H,14,15). The summed E-state index contributed by atoms with van der Waals surface area (Å²) < 4.78 is 0. The van der Waals surface area contributed by atoms with E-state index >= 15 is 0 Å². The largest absolute Gasteiger partial charge is 0.324 e. The molecule has 1 aliphatic rings. The molecule has 0 saturated heterocycles. The number of benzene rings is 1. The Bertz CT molecular complexity index is 457. The van der Waals surface area contributed by atoms with Crippen LogP contribution in [0, 0.1) is 0 Å². The summed E-state index contributed by atoms with van der Waals surface area (Å²) in [4.78, 5) is 12.8. The Balaban J connectivity index is 2.38. The first-order valence-electron chi connectivity index (χ1n) is 5.67. The highest BCUT2D eigenvalue weighted by Crippen LogP contribution is 2.38. The van der Waals surface area contributed by atoms with E-state index in [1.807, 2.05) is 6.92 Å². The lowest BCUT2D eigenvalue weighted by Gasteiger charge is -2.27. The number of thioether (sulfide) groups is 1. The van der Waals surface area contributed by atoms with Crippen LogP contribution in [0.4, 0.5) is 5.69 Å². The van der Waals surface area contributed by atoms with Gasteiger partial charge < -0.3 is 5.32 Å². The van der Waals surface area contributed by atoms with Gasteiger partial charge in [-0.25, -0.2) is 0 Å². The van der Waals surface area contributed by atoms with Crippen molar-refractivity contribution in [1.29, 1.82) is 0 Å². The zero-order chi connectivity index (χ0) is 12.6. The number of amides is 1. The maximum atomic E-state index is 11.6. The number of nitrogens with one attached hydrogen (secondary N) is 1. The third-order valence-electron chi connectivity index (χ3n) is 3.09. The van der Waals surface area contributed by atoms with Crippen LogP contribution in [0.15, 0.2) is 23.1 Å². The molecular weight excluding hydrogens is 250 g/mol. The Hall–Kier alpha value is -0.610. The SMILES string of the molecule is CC1Sc2ccc(C(C)(C)CS)cc2NC1=O. The van der Waals surface area contributed by atoms with E-state index in [1.54, 1.807) is 11.8 Å². The van der Waals surface area contributed by atoms with Crippen LogP contribution in [0.1, 0.15) is 26.3 Å². The molecule has 0 aliphatic carbocycles. The average molecular weight is 267 g/mol. The molecule has 0 aromatic heterocycles. The highest BCUT2D eigenvalue weighted by atomic mass is 32.2. The Morgan fingerprint density at radius 2 is 2.18 bits per heavy atom. The summed E-state index contributed by atoms with van der Waals surface area (Å²) in [5.74, 6) is 0.867. The molecule has 2 rings (SSSR count). The van der Waals surface area contributed by atoms with E-state index in [9.17, 15) is 4.79 Å². The monoisotopic (exact) mass is 267 g/mol. The number of rotatable bonds is 2. The van der Waals surface area contributed by atoms with E-state index in [0.29, 0.717) is 0 Å². The molecule has 0 spiro atoms. The summed E-state index contributed by atoms with van der Waals surface area (Å²) in [7, 11) is 0. The maximum absolute atomic E-state index is 11.6. The van der Waals surface area contributed by atoms with Crippen LogP contribution in [0.3, 0.4) is 0 Å². The van der Waals surface area contributed by atoms with Gasteiger partial charge in [0, 0.05) is 4.90 Å². The second kappa shape index (κ2) is 4.58. The number of hydrogen-bond acceptors (Lipinski definition) is 3. The number of anilines is 1. The first-order valence-corrected chi connectivity index (χ1v) is 7.18. The van der Waals surface area contributed by atoms with Crippen molar-refractivity contribution in [2.45, 2.75) is 36.3 Å².